The minimum atomic E-state index is -0.322. The Balaban J connectivity index is 2.28. The Morgan fingerprint density at radius 2 is 1.62 bits per heavy atom. The number of pyridine rings is 1. The highest BCUT2D eigenvalue weighted by molar-refractivity contribution is 7.26. The van der Waals surface area contributed by atoms with E-state index in [9.17, 15) is 8.78 Å². The minimum absolute atomic E-state index is 0.296. The molecule has 0 fully saturated rings. The lowest BCUT2D eigenvalue weighted by Gasteiger charge is -2.08. The third-order valence-electron chi connectivity index (χ3n) is 3.98. The molecule has 2 aromatic heterocycles. The maximum atomic E-state index is 13.9. The van der Waals surface area contributed by atoms with Gasteiger partial charge >= 0.3 is 0 Å². The molecule has 0 aliphatic heterocycles. The van der Waals surface area contributed by atoms with Gasteiger partial charge in [-0.3, -0.25) is 4.98 Å². The van der Waals surface area contributed by atoms with E-state index < -0.39 is 0 Å². The first-order chi connectivity index (χ1) is 10.2. The Morgan fingerprint density at radius 1 is 0.762 bits per heavy atom. The number of thiophene rings is 1. The summed E-state index contributed by atoms with van der Waals surface area (Å²) in [5.41, 5.74) is 0.854. The zero-order valence-corrected chi connectivity index (χ0v) is 11.5. The third kappa shape index (κ3) is 1.35. The first kappa shape index (κ1) is 11.3. The van der Waals surface area contributed by atoms with Gasteiger partial charge in [-0.15, -0.1) is 11.3 Å². The Bertz CT molecular complexity index is 1160. The van der Waals surface area contributed by atoms with Crippen molar-refractivity contribution in [2.45, 2.75) is 0 Å². The van der Waals surface area contributed by atoms with E-state index in [-0.39, 0.29) is 11.6 Å². The smallest absolute Gasteiger partial charge is 0.125 e. The normalized spacial score (nSPS) is 12.3. The molecule has 0 unspecified atom stereocenters. The van der Waals surface area contributed by atoms with Gasteiger partial charge in [0, 0.05) is 31.8 Å². The number of fused-ring (bicyclic) bond motifs is 3. The van der Waals surface area contributed by atoms with Crippen LogP contribution in [-0.2, 0) is 0 Å². The summed E-state index contributed by atoms with van der Waals surface area (Å²) in [5.74, 6) is -0.618. The van der Waals surface area contributed by atoms with E-state index in [0.717, 1.165) is 36.5 Å². The maximum Gasteiger partial charge on any atom is 0.125 e. The van der Waals surface area contributed by atoms with Crippen LogP contribution in [0.3, 0.4) is 0 Å². The summed E-state index contributed by atoms with van der Waals surface area (Å²) in [6.07, 6.45) is 1.75. The molecule has 0 atom stereocenters. The van der Waals surface area contributed by atoms with Crippen LogP contribution in [0, 0.1) is 11.6 Å². The average molecular weight is 295 g/mol. The van der Waals surface area contributed by atoms with Gasteiger partial charge in [0.15, 0.2) is 0 Å². The van der Waals surface area contributed by atoms with Gasteiger partial charge in [0.25, 0.3) is 0 Å². The van der Waals surface area contributed by atoms with Crippen LogP contribution < -0.4 is 0 Å². The first-order valence-electron chi connectivity index (χ1n) is 6.53. The zero-order chi connectivity index (χ0) is 14.1. The molecule has 21 heavy (non-hydrogen) atoms. The van der Waals surface area contributed by atoms with Gasteiger partial charge in [0.1, 0.15) is 11.6 Å². The number of hydrogen-bond donors (Lipinski definition) is 0. The maximum absolute atomic E-state index is 13.9. The molecule has 0 amide bonds. The van der Waals surface area contributed by atoms with E-state index in [4.69, 9.17) is 0 Å². The van der Waals surface area contributed by atoms with Crippen LogP contribution in [0.1, 0.15) is 0 Å². The lowest BCUT2D eigenvalue weighted by molar-refractivity contribution is 0.629. The molecule has 2 heterocycles. The number of rotatable bonds is 0. The molecule has 1 nitrogen and oxygen atoms in total. The molecule has 0 saturated heterocycles. The lowest BCUT2D eigenvalue weighted by Crippen LogP contribution is -1.86. The fraction of sp³-hybridized carbons (Fsp3) is 0. The predicted octanol–water partition coefficient (Wildman–Crippen LogP) is 5.47. The monoisotopic (exact) mass is 295 g/mol. The summed E-state index contributed by atoms with van der Waals surface area (Å²) in [4.78, 5) is 4.48. The Hall–Kier alpha value is -2.33. The zero-order valence-electron chi connectivity index (χ0n) is 10.7. The second-order valence-electron chi connectivity index (χ2n) is 5.15. The molecular formula is C17H7F2NS. The minimum Gasteiger partial charge on any atom is -0.255 e. The molecular weight excluding hydrogens is 288 g/mol. The molecule has 3 aromatic carbocycles. The van der Waals surface area contributed by atoms with Crippen molar-refractivity contribution in [3.63, 3.8) is 0 Å². The van der Waals surface area contributed by atoms with Gasteiger partial charge in [-0.2, -0.15) is 0 Å². The Kier molecular flexibility index (Phi) is 1.97. The van der Waals surface area contributed by atoms with Gasteiger partial charge < -0.3 is 0 Å². The van der Waals surface area contributed by atoms with Crippen molar-refractivity contribution < 1.29 is 8.78 Å². The van der Waals surface area contributed by atoms with Crippen LogP contribution in [0.15, 0.2) is 42.6 Å². The van der Waals surface area contributed by atoms with Crippen LogP contribution in [0.2, 0.25) is 0 Å². The topological polar surface area (TPSA) is 12.9 Å². The van der Waals surface area contributed by atoms with Crippen LogP contribution in [0.5, 0.6) is 0 Å². The number of hydrogen-bond acceptors (Lipinski definition) is 2. The molecule has 0 bridgehead atoms. The lowest BCUT2D eigenvalue weighted by atomic mass is 9.97. The van der Waals surface area contributed by atoms with E-state index in [1.165, 1.54) is 24.3 Å². The molecule has 100 valence electrons. The van der Waals surface area contributed by atoms with Crippen molar-refractivity contribution in [3.8, 4) is 0 Å². The van der Waals surface area contributed by atoms with Gasteiger partial charge in [-0.05, 0) is 47.2 Å². The largest absolute Gasteiger partial charge is 0.255 e. The number of nitrogens with zero attached hydrogens (tertiary/aromatic N) is 1. The molecule has 5 rings (SSSR count). The van der Waals surface area contributed by atoms with Crippen LogP contribution in [0.25, 0.3) is 41.8 Å². The third-order valence-corrected chi connectivity index (χ3v) is 5.08. The second-order valence-corrected chi connectivity index (χ2v) is 6.23. The Morgan fingerprint density at radius 3 is 2.52 bits per heavy atom. The molecule has 0 saturated carbocycles. The van der Waals surface area contributed by atoms with Crippen molar-refractivity contribution in [2.75, 3.05) is 0 Å². The van der Waals surface area contributed by atoms with E-state index in [1.807, 2.05) is 6.07 Å². The van der Waals surface area contributed by atoms with Gasteiger partial charge in [0.2, 0.25) is 0 Å². The number of benzene rings is 3. The molecule has 5 aromatic rings. The quantitative estimate of drug-likeness (QED) is 0.345. The highest BCUT2D eigenvalue weighted by Crippen LogP contribution is 2.44. The molecule has 0 spiro atoms. The van der Waals surface area contributed by atoms with E-state index in [0.29, 0.717) is 5.39 Å². The Labute approximate surface area is 121 Å². The standard InChI is InChI=1S/C17H7F2NS/c18-8-1-2-10-11(5-8)12-6-9(19)7-14-15(12)16-13(21-14)3-4-20-17(10)16/h1-7H. The van der Waals surface area contributed by atoms with E-state index >= 15 is 0 Å². The van der Waals surface area contributed by atoms with Crippen molar-refractivity contribution in [2.24, 2.45) is 0 Å². The summed E-state index contributed by atoms with van der Waals surface area (Å²) >= 11 is 1.55. The summed E-state index contributed by atoms with van der Waals surface area (Å²) in [5, 5.41) is 4.36. The van der Waals surface area contributed by atoms with E-state index in [1.54, 1.807) is 23.6 Å². The molecule has 0 radical (unpaired) electrons. The fourth-order valence-corrected chi connectivity index (χ4v) is 4.32. The van der Waals surface area contributed by atoms with Crippen molar-refractivity contribution in [3.05, 3.63) is 54.2 Å². The van der Waals surface area contributed by atoms with Crippen molar-refractivity contribution in [1.82, 2.24) is 4.98 Å². The number of aromatic nitrogens is 1. The molecule has 0 aliphatic rings. The summed E-state index contributed by atoms with van der Waals surface area (Å²) in [7, 11) is 0. The summed E-state index contributed by atoms with van der Waals surface area (Å²) < 4.78 is 29.5. The molecule has 4 heteroatoms. The molecule has 0 aliphatic carbocycles. The second kappa shape index (κ2) is 3.65. The van der Waals surface area contributed by atoms with Gasteiger partial charge in [-0.1, -0.05) is 0 Å². The van der Waals surface area contributed by atoms with Crippen LogP contribution >= 0.6 is 11.3 Å². The fourth-order valence-electron chi connectivity index (χ4n) is 3.17. The highest BCUT2D eigenvalue weighted by atomic mass is 32.1. The van der Waals surface area contributed by atoms with E-state index in [2.05, 4.69) is 4.98 Å². The van der Waals surface area contributed by atoms with Crippen molar-refractivity contribution in [1.29, 1.82) is 0 Å². The summed E-state index contributed by atoms with van der Waals surface area (Å²) in [6, 6.07) is 9.58. The first-order valence-corrected chi connectivity index (χ1v) is 7.35. The SMILES string of the molecule is Fc1ccc2c(c1)c1cc(F)cc3sc4ccnc2c4c31. The van der Waals surface area contributed by atoms with Crippen LogP contribution in [0.4, 0.5) is 8.78 Å². The molecule has 0 N–H and O–H groups in total. The predicted molar refractivity (Wildman–Crippen MR) is 83.2 cm³/mol. The average Bonchev–Trinajstić information content (AvgIpc) is 2.84. The van der Waals surface area contributed by atoms with Gasteiger partial charge in [-0.25, -0.2) is 8.78 Å². The van der Waals surface area contributed by atoms with Crippen LogP contribution in [-0.4, -0.2) is 4.98 Å². The highest BCUT2D eigenvalue weighted by Gasteiger charge is 2.17. The van der Waals surface area contributed by atoms with Gasteiger partial charge in [0.05, 0.1) is 5.52 Å². The number of halogens is 2. The summed E-state index contributed by atoms with van der Waals surface area (Å²) in [6.45, 7) is 0. The van der Waals surface area contributed by atoms with Crippen molar-refractivity contribution >= 4 is 53.2 Å².